The van der Waals surface area contributed by atoms with Crippen molar-refractivity contribution in [2.45, 2.75) is 25.8 Å². The third-order valence-corrected chi connectivity index (χ3v) is 6.41. The summed E-state index contributed by atoms with van der Waals surface area (Å²) in [4.78, 5) is 16.9. The maximum absolute atomic E-state index is 12.5. The molecule has 6 nitrogen and oxygen atoms in total. The van der Waals surface area contributed by atoms with Crippen molar-refractivity contribution in [3.05, 3.63) is 71.4 Å². The van der Waals surface area contributed by atoms with Crippen molar-refractivity contribution in [1.82, 2.24) is 10.2 Å². The van der Waals surface area contributed by atoms with Crippen molar-refractivity contribution in [3.8, 4) is 0 Å². The van der Waals surface area contributed by atoms with Gasteiger partial charge in [0.05, 0.1) is 0 Å². The Morgan fingerprint density at radius 2 is 1.90 bits per heavy atom. The second-order valence-electron chi connectivity index (χ2n) is 8.38. The fraction of sp³-hybridized carbons (Fsp3) is 0.360. The number of carbonyl (C=O) groups excluding carboxylic acids is 1. The lowest BCUT2D eigenvalue weighted by Gasteiger charge is -2.34. The molecule has 2 aliphatic rings. The number of allylic oxidation sites excluding steroid dienone is 1. The zero-order valence-corrected chi connectivity index (χ0v) is 17.9. The van der Waals surface area contributed by atoms with Crippen LogP contribution in [0.3, 0.4) is 0 Å². The summed E-state index contributed by atoms with van der Waals surface area (Å²) in [6.07, 6.45) is 5.90. The van der Waals surface area contributed by atoms with Gasteiger partial charge in [-0.1, -0.05) is 36.4 Å². The van der Waals surface area contributed by atoms with Crippen LogP contribution >= 0.6 is 0 Å². The minimum absolute atomic E-state index is 0.0383. The molecule has 2 amide bonds. The van der Waals surface area contributed by atoms with Gasteiger partial charge in [-0.15, -0.1) is 0 Å². The number of carbonyl (C=O) groups is 1. The number of nitrogens with one attached hydrogen (secondary N) is 2. The van der Waals surface area contributed by atoms with Crippen molar-refractivity contribution in [2.75, 3.05) is 31.1 Å². The predicted octanol–water partition coefficient (Wildman–Crippen LogP) is 3.62. The molecule has 0 spiro atoms. The van der Waals surface area contributed by atoms with Crippen LogP contribution in [0.1, 0.15) is 29.5 Å². The standard InChI is InChI=1S/C25H31N5O/c26-15-23(16-27)21-6-7-24-22(14-21)10-13-30(24)18-20-8-11-29(12-9-20)25(31)28-17-19-4-2-1-3-5-19/h1-7,14-16,20,26H,8-13,17-18,27H2,(H,28,31)/b23-16+,26-15?. The fourth-order valence-electron chi connectivity index (χ4n) is 4.58. The number of hydrogen-bond donors (Lipinski definition) is 3. The Bertz CT molecular complexity index is 948. The molecule has 4 N–H and O–H groups in total. The molecule has 0 unspecified atom stereocenters. The van der Waals surface area contributed by atoms with Gasteiger partial charge >= 0.3 is 6.03 Å². The van der Waals surface area contributed by atoms with E-state index in [-0.39, 0.29) is 6.03 Å². The minimum atomic E-state index is 0.0383. The van der Waals surface area contributed by atoms with Crippen LogP contribution in [0.5, 0.6) is 0 Å². The zero-order chi connectivity index (χ0) is 21.6. The van der Waals surface area contributed by atoms with E-state index in [1.54, 1.807) is 0 Å². The van der Waals surface area contributed by atoms with E-state index in [0.717, 1.165) is 62.1 Å². The molecule has 0 radical (unpaired) electrons. The molecule has 0 atom stereocenters. The summed E-state index contributed by atoms with van der Waals surface area (Å²) in [6.45, 7) is 4.27. The SMILES string of the molecule is N=C/C(=C\N)c1ccc2c(c1)CCN2CC1CCN(C(=O)NCc2ccccc2)CC1. The second-order valence-corrected chi connectivity index (χ2v) is 8.38. The van der Waals surface area contributed by atoms with Gasteiger partial charge in [0, 0.05) is 56.4 Å². The van der Waals surface area contributed by atoms with Crippen LogP contribution in [-0.4, -0.2) is 43.3 Å². The summed E-state index contributed by atoms with van der Waals surface area (Å²) < 4.78 is 0. The fourth-order valence-corrected chi connectivity index (χ4v) is 4.58. The first-order chi connectivity index (χ1) is 15.2. The Morgan fingerprint density at radius 1 is 1.13 bits per heavy atom. The van der Waals surface area contributed by atoms with Gasteiger partial charge < -0.3 is 26.3 Å². The van der Waals surface area contributed by atoms with E-state index in [0.29, 0.717) is 12.5 Å². The highest BCUT2D eigenvalue weighted by atomic mass is 16.2. The van der Waals surface area contributed by atoms with Gasteiger partial charge in [-0.3, -0.25) is 0 Å². The Labute approximate surface area is 184 Å². The van der Waals surface area contributed by atoms with Crippen LogP contribution in [0.25, 0.3) is 5.57 Å². The number of nitrogens with two attached hydrogens (primary N) is 1. The van der Waals surface area contributed by atoms with E-state index in [1.165, 1.54) is 23.7 Å². The molecule has 162 valence electrons. The van der Waals surface area contributed by atoms with Gasteiger partial charge in [-0.2, -0.15) is 0 Å². The van der Waals surface area contributed by atoms with Gasteiger partial charge in [0.1, 0.15) is 0 Å². The first-order valence-corrected chi connectivity index (χ1v) is 11.0. The van der Waals surface area contributed by atoms with Crippen LogP contribution < -0.4 is 16.0 Å². The third kappa shape index (κ3) is 4.90. The number of likely N-dealkylation sites (tertiary alicyclic amines) is 1. The summed E-state index contributed by atoms with van der Waals surface area (Å²) in [5.41, 5.74) is 11.1. The molecule has 1 saturated heterocycles. The van der Waals surface area contributed by atoms with Gasteiger partial charge in [0.2, 0.25) is 0 Å². The summed E-state index contributed by atoms with van der Waals surface area (Å²) in [6, 6.07) is 16.5. The number of fused-ring (bicyclic) bond motifs is 1. The van der Waals surface area contributed by atoms with Crippen molar-refractivity contribution in [1.29, 1.82) is 5.41 Å². The molecule has 0 aromatic heterocycles. The number of rotatable bonds is 6. The second kappa shape index (κ2) is 9.69. The number of benzene rings is 2. The van der Waals surface area contributed by atoms with E-state index < -0.39 is 0 Å². The molecule has 2 aliphatic heterocycles. The number of urea groups is 1. The lowest BCUT2D eigenvalue weighted by atomic mass is 9.96. The maximum atomic E-state index is 12.5. The molecule has 1 fully saturated rings. The van der Waals surface area contributed by atoms with E-state index in [4.69, 9.17) is 11.1 Å². The maximum Gasteiger partial charge on any atom is 0.317 e. The molecule has 6 heteroatoms. The van der Waals surface area contributed by atoms with Crippen LogP contribution in [0.15, 0.2) is 54.7 Å². The lowest BCUT2D eigenvalue weighted by molar-refractivity contribution is 0.171. The van der Waals surface area contributed by atoms with Gasteiger partial charge in [0.15, 0.2) is 0 Å². The number of nitrogens with zero attached hydrogens (tertiary/aromatic N) is 2. The smallest absolute Gasteiger partial charge is 0.317 e. The number of hydrogen-bond acceptors (Lipinski definition) is 4. The van der Waals surface area contributed by atoms with Crippen LogP contribution in [0, 0.1) is 11.3 Å². The molecular weight excluding hydrogens is 386 g/mol. The molecule has 4 rings (SSSR count). The molecule has 2 heterocycles. The quantitative estimate of drug-likeness (QED) is 0.628. The molecule has 2 aromatic carbocycles. The van der Waals surface area contributed by atoms with Gasteiger partial charge in [-0.25, -0.2) is 4.79 Å². The Morgan fingerprint density at radius 3 is 2.61 bits per heavy atom. The van der Waals surface area contributed by atoms with Gasteiger partial charge in [0.25, 0.3) is 0 Å². The number of amides is 2. The van der Waals surface area contributed by atoms with Crippen molar-refractivity contribution < 1.29 is 4.79 Å². The molecule has 0 aliphatic carbocycles. The molecule has 31 heavy (non-hydrogen) atoms. The van der Waals surface area contributed by atoms with E-state index in [1.807, 2.05) is 35.2 Å². The Hall–Kier alpha value is -3.28. The summed E-state index contributed by atoms with van der Waals surface area (Å²) >= 11 is 0. The average Bonchev–Trinajstić information content (AvgIpc) is 3.21. The van der Waals surface area contributed by atoms with Crippen LogP contribution in [0.4, 0.5) is 10.5 Å². The van der Waals surface area contributed by atoms with E-state index in [9.17, 15) is 4.79 Å². The van der Waals surface area contributed by atoms with Crippen molar-refractivity contribution in [3.63, 3.8) is 0 Å². The normalized spacial score (nSPS) is 16.8. The topological polar surface area (TPSA) is 85.5 Å². The summed E-state index contributed by atoms with van der Waals surface area (Å²) in [5, 5.41) is 10.5. The van der Waals surface area contributed by atoms with Crippen molar-refractivity contribution in [2.24, 2.45) is 11.7 Å². The van der Waals surface area contributed by atoms with Gasteiger partial charge in [-0.05, 0) is 54.0 Å². The highest BCUT2D eigenvalue weighted by Crippen LogP contribution is 2.32. The minimum Gasteiger partial charge on any atom is -0.404 e. The van der Waals surface area contributed by atoms with E-state index in [2.05, 4.69) is 28.4 Å². The first kappa shape index (κ1) is 21.0. The summed E-state index contributed by atoms with van der Waals surface area (Å²) in [5.74, 6) is 0.602. The molecule has 2 aromatic rings. The van der Waals surface area contributed by atoms with Crippen LogP contribution in [0.2, 0.25) is 0 Å². The zero-order valence-electron chi connectivity index (χ0n) is 17.9. The largest absolute Gasteiger partial charge is 0.404 e. The van der Waals surface area contributed by atoms with E-state index >= 15 is 0 Å². The number of anilines is 1. The highest BCUT2D eigenvalue weighted by molar-refractivity contribution is 6.08. The Kier molecular flexibility index (Phi) is 6.55. The average molecular weight is 418 g/mol. The highest BCUT2D eigenvalue weighted by Gasteiger charge is 2.27. The molecule has 0 bridgehead atoms. The molecular formula is C25H31N5O. The molecule has 0 saturated carbocycles. The Balaban J connectivity index is 1.27. The van der Waals surface area contributed by atoms with Crippen molar-refractivity contribution >= 4 is 23.5 Å². The predicted molar refractivity (Wildman–Crippen MR) is 126 cm³/mol. The van der Waals surface area contributed by atoms with Crippen LogP contribution in [-0.2, 0) is 13.0 Å². The first-order valence-electron chi connectivity index (χ1n) is 11.0. The lowest BCUT2D eigenvalue weighted by Crippen LogP contribution is -2.45. The summed E-state index contributed by atoms with van der Waals surface area (Å²) in [7, 11) is 0. The number of piperidine rings is 1. The monoisotopic (exact) mass is 417 g/mol. The third-order valence-electron chi connectivity index (χ3n) is 6.41.